The third-order valence-corrected chi connectivity index (χ3v) is 5.34. The van der Waals surface area contributed by atoms with E-state index in [1.165, 1.54) is 0 Å². The minimum absolute atomic E-state index is 0.00553. The van der Waals surface area contributed by atoms with Crippen LogP contribution >= 0.6 is 0 Å². The highest BCUT2D eigenvalue weighted by atomic mass is 16.5. The maximum atomic E-state index is 12.9. The Morgan fingerprint density at radius 1 is 0.935 bits per heavy atom. The van der Waals surface area contributed by atoms with E-state index in [0.717, 1.165) is 22.8 Å². The Bertz CT molecular complexity index is 1010. The predicted octanol–water partition coefficient (Wildman–Crippen LogP) is 3.51. The molecule has 0 saturated carbocycles. The molecule has 1 saturated heterocycles. The molecule has 0 aliphatic carbocycles. The normalized spacial score (nSPS) is 13.7. The number of aromatic nitrogens is 2. The molecule has 0 unspecified atom stereocenters. The van der Waals surface area contributed by atoms with Crippen LogP contribution < -0.4 is 14.4 Å². The Labute approximate surface area is 182 Å². The number of methoxy groups -OCH3 is 1. The number of nitrogens with zero attached hydrogens (tertiary/aromatic N) is 4. The van der Waals surface area contributed by atoms with E-state index in [0.29, 0.717) is 44.1 Å². The van der Waals surface area contributed by atoms with Crippen molar-refractivity contribution in [3.63, 3.8) is 0 Å². The van der Waals surface area contributed by atoms with Gasteiger partial charge in [-0.25, -0.2) is 0 Å². The zero-order valence-electron chi connectivity index (χ0n) is 17.8. The number of benzene rings is 2. The van der Waals surface area contributed by atoms with Crippen molar-refractivity contribution in [1.29, 1.82) is 0 Å². The fourth-order valence-corrected chi connectivity index (χ4v) is 3.67. The molecule has 1 aromatic heterocycles. The van der Waals surface area contributed by atoms with Crippen LogP contribution in [0.1, 0.15) is 17.3 Å². The number of carbonyl (C=O) groups is 1. The average molecular weight is 418 g/mol. The van der Waals surface area contributed by atoms with Crippen molar-refractivity contribution in [3.05, 3.63) is 66.2 Å². The summed E-state index contributed by atoms with van der Waals surface area (Å²) < 4.78 is 10.8. The Kier molecular flexibility index (Phi) is 6.31. The minimum Gasteiger partial charge on any atom is -0.496 e. The number of ether oxygens (including phenoxy) is 2. The van der Waals surface area contributed by atoms with Gasteiger partial charge in [0.1, 0.15) is 11.5 Å². The lowest BCUT2D eigenvalue weighted by Gasteiger charge is -2.35. The standard InChI is InChI=1S/C24H26N4O3/c1-3-31-19-10-8-18(9-11-19)21-12-13-23(26-25-21)27-14-16-28(17-15-27)24(29)20-6-4-5-7-22(20)30-2/h4-13H,3,14-17H2,1-2H3. The van der Waals surface area contributed by atoms with Gasteiger partial charge in [0.15, 0.2) is 5.82 Å². The molecule has 1 fully saturated rings. The van der Waals surface area contributed by atoms with Crippen LogP contribution in [-0.2, 0) is 0 Å². The van der Waals surface area contributed by atoms with Gasteiger partial charge in [0.05, 0.1) is 25.0 Å². The molecule has 0 bridgehead atoms. The maximum Gasteiger partial charge on any atom is 0.257 e. The van der Waals surface area contributed by atoms with Gasteiger partial charge in [-0.1, -0.05) is 12.1 Å². The van der Waals surface area contributed by atoms with Crippen LogP contribution in [0, 0.1) is 0 Å². The van der Waals surface area contributed by atoms with Gasteiger partial charge in [0, 0.05) is 31.7 Å². The second-order valence-electron chi connectivity index (χ2n) is 7.21. The van der Waals surface area contributed by atoms with E-state index >= 15 is 0 Å². The zero-order chi connectivity index (χ0) is 21.6. The van der Waals surface area contributed by atoms with Crippen molar-refractivity contribution in [3.8, 4) is 22.8 Å². The summed E-state index contributed by atoms with van der Waals surface area (Å²) in [5, 5.41) is 8.81. The van der Waals surface area contributed by atoms with Crippen molar-refractivity contribution in [2.24, 2.45) is 0 Å². The molecule has 0 atom stereocenters. The lowest BCUT2D eigenvalue weighted by Crippen LogP contribution is -2.49. The molecule has 31 heavy (non-hydrogen) atoms. The fourth-order valence-electron chi connectivity index (χ4n) is 3.67. The molecule has 7 nitrogen and oxygen atoms in total. The zero-order valence-corrected chi connectivity index (χ0v) is 17.8. The van der Waals surface area contributed by atoms with Gasteiger partial charge in [-0.2, -0.15) is 0 Å². The van der Waals surface area contributed by atoms with E-state index in [4.69, 9.17) is 9.47 Å². The third-order valence-electron chi connectivity index (χ3n) is 5.34. The summed E-state index contributed by atoms with van der Waals surface area (Å²) in [6.45, 7) is 5.27. The van der Waals surface area contributed by atoms with Crippen LogP contribution in [0.3, 0.4) is 0 Å². The molecule has 0 radical (unpaired) electrons. The lowest BCUT2D eigenvalue weighted by molar-refractivity contribution is 0.0743. The summed E-state index contributed by atoms with van der Waals surface area (Å²) in [4.78, 5) is 16.9. The molecule has 7 heteroatoms. The van der Waals surface area contributed by atoms with Crippen LogP contribution in [0.2, 0.25) is 0 Å². The highest BCUT2D eigenvalue weighted by Gasteiger charge is 2.24. The van der Waals surface area contributed by atoms with Crippen LogP contribution in [-0.4, -0.2) is 60.9 Å². The predicted molar refractivity (Wildman–Crippen MR) is 120 cm³/mol. The molecule has 1 amide bonds. The lowest BCUT2D eigenvalue weighted by atomic mass is 10.1. The van der Waals surface area contributed by atoms with E-state index in [9.17, 15) is 4.79 Å². The van der Waals surface area contributed by atoms with Crippen LogP contribution in [0.15, 0.2) is 60.7 Å². The first kappa shape index (κ1) is 20.7. The quantitative estimate of drug-likeness (QED) is 0.610. The summed E-state index contributed by atoms with van der Waals surface area (Å²) in [5.74, 6) is 2.26. The fraction of sp³-hybridized carbons (Fsp3) is 0.292. The SMILES string of the molecule is CCOc1ccc(-c2ccc(N3CCN(C(=O)c4ccccc4OC)CC3)nn2)cc1. The Morgan fingerprint density at radius 3 is 2.32 bits per heavy atom. The molecule has 4 rings (SSSR count). The minimum atomic E-state index is -0.00553. The van der Waals surface area contributed by atoms with Gasteiger partial charge in [-0.15, -0.1) is 10.2 Å². The van der Waals surface area contributed by atoms with Crippen LogP contribution in [0.5, 0.6) is 11.5 Å². The summed E-state index contributed by atoms with van der Waals surface area (Å²) in [6.07, 6.45) is 0. The maximum absolute atomic E-state index is 12.9. The number of hydrogen-bond donors (Lipinski definition) is 0. The van der Waals surface area contributed by atoms with E-state index in [2.05, 4.69) is 15.1 Å². The second-order valence-corrected chi connectivity index (χ2v) is 7.21. The Morgan fingerprint density at radius 2 is 1.68 bits per heavy atom. The summed E-state index contributed by atoms with van der Waals surface area (Å²) in [7, 11) is 1.58. The summed E-state index contributed by atoms with van der Waals surface area (Å²) >= 11 is 0. The first-order valence-electron chi connectivity index (χ1n) is 10.4. The molecule has 0 N–H and O–H groups in total. The first-order chi connectivity index (χ1) is 15.2. The highest BCUT2D eigenvalue weighted by Crippen LogP contribution is 2.23. The number of carbonyl (C=O) groups excluding carboxylic acids is 1. The molecule has 0 spiro atoms. The molecule has 3 aromatic rings. The highest BCUT2D eigenvalue weighted by molar-refractivity contribution is 5.97. The van der Waals surface area contributed by atoms with Gasteiger partial charge >= 0.3 is 0 Å². The summed E-state index contributed by atoms with van der Waals surface area (Å²) in [6, 6.07) is 19.1. The van der Waals surface area contributed by atoms with Crippen molar-refractivity contribution in [2.45, 2.75) is 6.92 Å². The molecule has 1 aliphatic heterocycles. The van der Waals surface area contributed by atoms with Gasteiger partial charge < -0.3 is 19.3 Å². The molecular formula is C24H26N4O3. The second kappa shape index (κ2) is 9.47. The van der Waals surface area contributed by atoms with Crippen LogP contribution in [0.25, 0.3) is 11.3 Å². The monoisotopic (exact) mass is 418 g/mol. The number of amides is 1. The Balaban J connectivity index is 1.38. The number of piperazine rings is 1. The van der Waals surface area contributed by atoms with Gasteiger partial charge in [-0.3, -0.25) is 4.79 Å². The van der Waals surface area contributed by atoms with Crippen molar-refractivity contribution < 1.29 is 14.3 Å². The van der Waals surface area contributed by atoms with E-state index in [1.807, 2.05) is 66.4 Å². The summed E-state index contributed by atoms with van der Waals surface area (Å²) in [5.41, 5.74) is 2.41. The van der Waals surface area contributed by atoms with Gasteiger partial charge in [0.25, 0.3) is 5.91 Å². The Hall–Kier alpha value is -3.61. The van der Waals surface area contributed by atoms with E-state index < -0.39 is 0 Å². The topological polar surface area (TPSA) is 67.8 Å². The van der Waals surface area contributed by atoms with E-state index in [1.54, 1.807) is 13.2 Å². The molecule has 2 aromatic carbocycles. The van der Waals surface area contributed by atoms with Gasteiger partial charge in [0.2, 0.25) is 0 Å². The first-order valence-corrected chi connectivity index (χ1v) is 10.4. The number of para-hydroxylation sites is 1. The molecule has 1 aliphatic rings. The molecule has 160 valence electrons. The molecule has 2 heterocycles. The third kappa shape index (κ3) is 4.60. The number of hydrogen-bond acceptors (Lipinski definition) is 6. The van der Waals surface area contributed by atoms with Crippen LogP contribution in [0.4, 0.5) is 5.82 Å². The largest absolute Gasteiger partial charge is 0.496 e. The van der Waals surface area contributed by atoms with E-state index in [-0.39, 0.29) is 5.91 Å². The smallest absolute Gasteiger partial charge is 0.257 e. The van der Waals surface area contributed by atoms with Crippen molar-refractivity contribution in [2.75, 3.05) is 44.8 Å². The van der Waals surface area contributed by atoms with Crippen molar-refractivity contribution in [1.82, 2.24) is 15.1 Å². The average Bonchev–Trinajstić information content (AvgIpc) is 2.84. The number of anilines is 1. The van der Waals surface area contributed by atoms with Gasteiger partial charge in [-0.05, 0) is 55.5 Å². The number of rotatable bonds is 6. The van der Waals surface area contributed by atoms with Crippen molar-refractivity contribution >= 4 is 11.7 Å². The molecular weight excluding hydrogens is 392 g/mol.